The second-order valence-corrected chi connectivity index (χ2v) is 9.48. The summed E-state index contributed by atoms with van der Waals surface area (Å²) in [5.74, 6) is -0.0431. The van der Waals surface area contributed by atoms with Crippen LogP contribution in [0.25, 0.3) is 0 Å². The SMILES string of the molecule is CCc1ccc(N2C(=O)N(Cc3cccc(C#N)c3)C3CS(=O)(=O)CC32)cc1. The van der Waals surface area contributed by atoms with E-state index in [1.165, 1.54) is 0 Å². The molecular weight excluding hydrogens is 374 g/mol. The van der Waals surface area contributed by atoms with Crippen LogP contribution < -0.4 is 4.90 Å². The van der Waals surface area contributed by atoms with Crippen LogP contribution >= 0.6 is 0 Å². The number of sulfone groups is 1. The van der Waals surface area contributed by atoms with Gasteiger partial charge < -0.3 is 4.90 Å². The van der Waals surface area contributed by atoms with E-state index in [0.717, 1.165) is 23.2 Å². The topological polar surface area (TPSA) is 81.5 Å². The van der Waals surface area contributed by atoms with Gasteiger partial charge in [0, 0.05) is 12.2 Å². The molecule has 6 nitrogen and oxygen atoms in total. The van der Waals surface area contributed by atoms with Gasteiger partial charge in [0.05, 0.1) is 35.2 Å². The lowest BCUT2D eigenvalue weighted by Crippen LogP contribution is -2.37. The molecule has 0 saturated carbocycles. The van der Waals surface area contributed by atoms with Crippen molar-refractivity contribution in [2.75, 3.05) is 16.4 Å². The quantitative estimate of drug-likeness (QED) is 0.746. The molecule has 28 heavy (non-hydrogen) atoms. The number of rotatable bonds is 4. The number of benzene rings is 2. The maximum Gasteiger partial charge on any atom is 0.325 e. The highest BCUT2D eigenvalue weighted by Crippen LogP contribution is 2.36. The van der Waals surface area contributed by atoms with Crippen molar-refractivity contribution < 1.29 is 13.2 Å². The van der Waals surface area contributed by atoms with E-state index in [4.69, 9.17) is 5.26 Å². The Bertz CT molecular complexity index is 1060. The van der Waals surface area contributed by atoms with E-state index in [-0.39, 0.29) is 36.2 Å². The number of aryl methyl sites for hydroxylation is 1. The lowest BCUT2D eigenvalue weighted by molar-refractivity contribution is 0.206. The summed E-state index contributed by atoms with van der Waals surface area (Å²) in [6.45, 7) is 2.35. The van der Waals surface area contributed by atoms with Gasteiger partial charge in [0.2, 0.25) is 0 Å². The van der Waals surface area contributed by atoms with Crippen molar-refractivity contribution in [2.45, 2.75) is 32.0 Å². The van der Waals surface area contributed by atoms with E-state index in [1.807, 2.05) is 30.3 Å². The monoisotopic (exact) mass is 395 g/mol. The first-order chi connectivity index (χ1) is 13.4. The van der Waals surface area contributed by atoms with E-state index >= 15 is 0 Å². The molecule has 144 valence electrons. The van der Waals surface area contributed by atoms with Crippen LogP contribution in [-0.2, 0) is 22.8 Å². The van der Waals surface area contributed by atoms with Crippen molar-refractivity contribution in [3.8, 4) is 6.07 Å². The summed E-state index contributed by atoms with van der Waals surface area (Å²) >= 11 is 0. The van der Waals surface area contributed by atoms with Crippen molar-refractivity contribution in [2.24, 2.45) is 0 Å². The number of anilines is 1. The summed E-state index contributed by atoms with van der Waals surface area (Å²) in [6, 6.07) is 15.9. The molecule has 0 aliphatic carbocycles. The summed E-state index contributed by atoms with van der Waals surface area (Å²) < 4.78 is 24.6. The van der Waals surface area contributed by atoms with Gasteiger partial charge in [-0.05, 0) is 41.8 Å². The summed E-state index contributed by atoms with van der Waals surface area (Å²) in [7, 11) is -3.21. The Hall–Kier alpha value is -2.85. The molecule has 2 aromatic rings. The molecule has 2 amide bonds. The third kappa shape index (κ3) is 3.25. The van der Waals surface area contributed by atoms with Crippen LogP contribution in [0.3, 0.4) is 0 Å². The predicted octanol–water partition coefficient (Wildman–Crippen LogP) is 2.73. The van der Waals surface area contributed by atoms with Crippen molar-refractivity contribution >= 4 is 21.6 Å². The van der Waals surface area contributed by atoms with Crippen LogP contribution in [0.15, 0.2) is 48.5 Å². The molecule has 2 aliphatic rings. The number of nitrogens with zero attached hydrogens (tertiary/aromatic N) is 3. The minimum Gasteiger partial charge on any atom is -0.314 e. The Morgan fingerprint density at radius 3 is 2.46 bits per heavy atom. The van der Waals surface area contributed by atoms with E-state index in [1.54, 1.807) is 28.0 Å². The van der Waals surface area contributed by atoms with E-state index in [2.05, 4.69) is 13.0 Å². The van der Waals surface area contributed by atoms with Gasteiger partial charge in [-0.15, -0.1) is 0 Å². The highest BCUT2D eigenvalue weighted by molar-refractivity contribution is 7.91. The molecule has 2 unspecified atom stereocenters. The molecule has 0 radical (unpaired) electrons. The van der Waals surface area contributed by atoms with Gasteiger partial charge in [0.25, 0.3) is 0 Å². The van der Waals surface area contributed by atoms with Gasteiger partial charge >= 0.3 is 6.03 Å². The third-order valence-electron chi connectivity index (χ3n) is 5.51. The average Bonchev–Trinajstić information content (AvgIpc) is 3.12. The van der Waals surface area contributed by atoms with Gasteiger partial charge in [-0.1, -0.05) is 31.2 Å². The zero-order valence-electron chi connectivity index (χ0n) is 15.6. The fourth-order valence-electron chi connectivity index (χ4n) is 4.09. The third-order valence-corrected chi connectivity index (χ3v) is 7.21. The summed E-state index contributed by atoms with van der Waals surface area (Å²) in [5.41, 5.74) is 3.23. The fourth-order valence-corrected chi connectivity index (χ4v) is 6.04. The van der Waals surface area contributed by atoms with Gasteiger partial charge in [0.15, 0.2) is 9.84 Å². The second kappa shape index (κ2) is 6.95. The molecule has 4 rings (SSSR count). The van der Waals surface area contributed by atoms with Gasteiger partial charge in [0.1, 0.15) is 0 Å². The molecule has 2 aromatic carbocycles. The zero-order chi connectivity index (χ0) is 19.9. The predicted molar refractivity (Wildman–Crippen MR) is 107 cm³/mol. The Kier molecular flexibility index (Phi) is 4.60. The van der Waals surface area contributed by atoms with Gasteiger partial charge in [-0.2, -0.15) is 5.26 Å². The fraction of sp³-hybridized carbons (Fsp3) is 0.333. The molecule has 2 atom stereocenters. The maximum absolute atomic E-state index is 13.2. The zero-order valence-corrected chi connectivity index (χ0v) is 16.4. The molecule has 0 aromatic heterocycles. The van der Waals surface area contributed by atoms with Crippen LogP contribution in [0.1, 0.15) is 23.6 Å². The number of carbonyl (C=O) groups is 1. The summed E-state index contributed by atoms with van der Waals surface area (Å²) in [6.07, 6.45) is 0.899. The number of amides is 2. The molecule has 2 fully saturated rings. The maximum atomic E-state index is 13.2. The number of fused-ring (bicyclic) bond motifs is 1. The minimum absolute atomic E-state index is 0.0202. The highest BCUT2D eigenvalue weighted by atomic mass is 32.2. The van der Waals surface area contributed by atoms with E-state index in [0.29, 0.717) is 5.56 Å². The number of nitriles is 1. The van der Waals surface area contributed by atoms with Crippen LogP contribution in [0, 0.1) is 11.3 Å². The highest BCUT2D eigenvalue weighted by Gasteiger charge is 2.53. The standard InChI is InChI=1S/C21H21N3O3S/c1-2-15-6-8-18(9-7-15)24-20-14-28(26,27)13-19(20)23(21(24)25)12-17-5-3-4-16(10-17)11-22/h3-10,19-20H,2,12-14H2,1H3. The molecule has 0 spiro atoms. The number of urea groups is 1. The van der Waals surface area contributed by atoms with Crippen molar-refractivity contribution in [3.05, 3.63) is 65.2 Å². The molecule has 7 heteroatoms. The van der Waals surface area contributed by atoms with Crippen molar-refractivity contribution in [1.29, 1.82) is 5.26 Å². The largest absolute Gasteiger partial charge is 0.325 e. The molecular formula is C21H21N3O3S. The molecule has 0 bridgehead atoms. The Balaban J connectivity index is 1.68. The summed E-state index contributed by atoms with van der Waals surface area (Å²) in [4.78, 5) is 16.5. The first-order valence-electron chi connectivity index (χ1n) is 9.30. The number of hydrogen-bond donors (Lipinski definition) is 0. The molecule has 0 N–H and O–H groups in total. The Morgan fingerprint density at radius 1 is 1.07 bits per heavy atom. The molecule has 2 heterocycles. The van der Waals surface area contributed by atoms with E-state index < -0.39 is 9.84 Å². The van der Waals surface area contributed by atoms with Crippen LogP contribution in [0.2, 0.25) is 0 Å². The number of hydrogen-bond acceptors (Lipinski definition) is 4. The van der Waals surface area contributed by atoms with Crippen molar-refractivity contribution in [3.63, 3.8) is 0 Å². The van der Waals surface area contributed by atoms with Crippen LogP contribution in [0.4, 0.5) is 10.5 Å². The van der Waals surface area contributed by atoms with Crippen LogP contribution in [-0.4, -0.2) is 42.9 Å². The smallest absolute Gasteiger partial charge is 0.314 e. The normalized spacial score (nSPS) is 22.9. The Morgan fingerprint density at radius 2 is 1.79 bits per heavy atom. The lowest BCUT2D eigenvalue weighted by Gasteiger charge is -2.23. The Labute approximate surface area is 164 Å². The van der Waals surface area contributed by atoms with Crippen molar-refractivity contribution in [1.82, 2.24) is 4.90 Å². The van der Waals surface area contributed by atoms with Crippen LogP contribution in [0.5, 0.6) is 0 Å². The lowest BCUT2D eigenvalue weighted by atomic mass is 10.1. The minimum atomic E-state index is -3.21. The molecule has 2 saturated heterocycles. The first kappa shape index (κ1) is 18.5. The average molecular weight is 395 g/mol. The molecule has 2 aliphatic heterocycles. The second-order valence-electron chi connectivity index (χ2n) is 7.32. The first-order valence-corrected chi connectivity index (χ1v) is 11.1. The van der Waals surface area contributed by atoms with E-state index in [9.17, 15) is 13.2 Å². The number of carbonyl (C=O) groups excluding carboxylic acids is 1. The van der Waals surface area contributed by atoms with Gasteiger partial charge in [-0.3, -0.25) is 4.90 Å². The van der Waals surface area contributed by atoms with Gasteiger partial charge in [-0.25, -0.2) is 13.2 Å². The summed E-state index contributed by atoms with van der Waals surface area (Å²) in [5, 5.41) is 9.11.